The minimum Gasteiger partial charge on any atom is -0.361 e. The number of hydrogen-bond acceptors (Lipinski definition) is 3. The fourth-order valence-corrected chi connectivity index (χ4v) is 3.21. The molecule has 0 bridgehead atoms. The molecule has 0 unspecified atom stereocenters. The van der Waals surface area contributed by atoms with Gasteiger partial charge in [0.05, 0.1) is 23.6 Å². The Morgan fingerprint density at radius 2 is 2.04 bits per heavy atom. The van der Waals surface area contributed by atoms with E-state index in [9.17, 15) is 18.0 Å². The predicted octanol–water partition coefficient (Wildman–Crippen LogP) is 3.74. The van der Waals surface area contributed by atoms with Crippen LogP contribution < -0.4 is 5.32 Å². The molecule has 0 fully saturated rings. The number of alkyl halides is 3. The molecular weight excluding hydrogens is 395 g/mol. The van der Waals surface area contributed by atoms with Crippen molar-refractivity contribution in [3.63, 3.8) is 0 Å². The van der Waals surface area contributed by atoms with Crippen LogP contribution in [0.2, 0.25) is 5.02 Å². The molecule has 4 rings (SSSR count). The van der Waals surface area contributed by atoms with Crippen LogP contribution in [-0.2, 0) is 23.9 Å². The summed E-state index contributed by atoms with van der Waals surface area (Å²) < 4.78 is 40.1. The maximum Gasteiger partial charge on any atom is 0.417 e. The van der Waals surface area contributed by atoms with Crippen molar-refractivity contribution in [3.05, 3.63) is 64.7 Å². The van der Waals surface area contributed by atoms with Crippen LogP contribution in [0.25, 0.3) is 16.6 Å². The van der Waals surface area contributed by atoms with Gasteiger partial charge >= 0.3 is 6.18 Å². The number of carbonyl (C=O) groups excluding carboxylic acids is 1. The number of para-hydroxylation sites is 1. The minimum absolute atomic E-state index is 0.0833. The highest BCUT2D eigenvalue weighted by molar-refractivity contribution is 6.33. The molecule has 0 aliphatic rings. The number of fused-ring (bicyclic) bond motifs is 2. The number of rotatable bonds is 4. The van der Waals surface area contributed by atoms with Gasteiger partial charge in [-0.3, -0.25) is 9.20 Å². The predicted molar refractivity (Wildman–Crippen MR) is 96.8 cm³/mol. The monoisotopic (exact) mass is 407 g/mol. The van der Waals surface area contributed by atoms with Gasteiger partial charge in [0.2, 0.25) is 5.91 Å². The summed E-state index contributed by atoms with van der Waals surface area (Å²) in [5.74, 6) is -0.144. The molecule has 28 heavy (non-hydrogen) atoms. The molecule has 2 N–H and O–H groups in total. The molecule has 0 spiro atoms. The molecule has 144 valence electrons. The van der Waals surface area contributed by atoms with Gasteiger partial charge in [-0.25, -0.2) is 0 Å². The summed E-state index contributed by atoms with van der Waals surface area (Å²) >= 11 is 5.88. The number of aromatic amines is 1. The number of hydrogen-bond donors (Lipinski definition) is 2. The molecule has 6 nitrogen and oxygen atoms in total. The van der Waals surface area contributed by atoms with Crippen molar-refractivity contribution in [2.75, 3.05) is 0 Å². The van der Waals surface area contributed by atoms with E-state index in [1.807, 2.05) is 24.3 Å². The molecule has 0 atom stereocenters. The molecular formula is C18H13ClF3N5O. The molecule has 0 saturated carbocycles. The summed E-state index contributed by atoms with van der Waals surface area (Å²) in [4.78, 5) is 15.4. The second kappa shape index (κ2) is 6.83. The van der Waals surface area contributed by atoms with Crippen molar-refractivity contribution in [3.8, 4) is 0 Å². The van der Waals surface area contributed by atoms with Crippen LogP contribution in [0.4, 0.5) is 13.2 Å². The third-order valence-electron chi connectivity index (χ3n) is 4.33. The summed E-state index contributed by atoms with van der Waals surface area (Å²) in [6.07, 6.45) is -1.82. The average molecular weight is 408 g/mol. The molecule has 1 aromatic carbocycles. The van der Waals surface area contributed by atoms with Crippen molar-refractivity contribution in [2.24, 2.45) is 0 Å². The van der Waals surface area contributed by atoms with Gasteiger partial charge in [0.1, 0.15) is 0 Å². The molecule has 0 saturated heterocycles. The standard InChI is InChI=1S/C18H13ClF3N5O/c19-13-6-11(18(20,21)22)9-27-15(25-26-17(13)27)8-24-16(28)5-10-7-23-14-4-2-1-3-12(10)14/h1-4,6-7,9,23H,5,8H2,(H,24,28). The molecule has 0 radical (unpaired) electrons. The highest BCUT2D eigenvalue weighted by Gasteiger charge is 2.32. The first-order valence-electron chi connectivity index (χ1n) is 8.25. The van der Waals surface area contributed by atoms with Crippen LogP contribution in [0.1, 0.15) is 17.0 Å². The lowest BCUT2D eigenvalue weighted by molar-refractivity contribution is -0.137. The quantitative estimate of drug-likeness (QED) is 0.541. The molecule has 0 aliphatic heterocycles. The van der Waals surface area contributed by atoms with E-state index in [0.717, 1.165) is 33.1 Å². The van der Waals surface area contributed by atoms with Gasteiger partial charge in [-0.05, 0) is 17.7 Å². The molecule has 4 aromatic rings. The summed E-state index contributed by atoms with van der Waals surface area (Å²) in [5, 5.41) is 11.1. The van der Waals surface area contributed by atoms with E-state index in [0.29, 0.717) is 0 Å². The Bertz CT molecular complexity index is 1180. The van der Waals surface area contributed by atoms with Crippen molar-refractivity contribution >= 4 is 34.1 Å². The highest BCUT2D eigenvalue weighted by atomic mass is 35.5. The van der Waals surface area contributed by atoms with E-state index in [1.54, 1.807) is 6.20 Å². The number of H-pyrrole nitrogens is 1. The first-order chi connectivity index (χ1) is 13.3. The highest BCUT2D eigenvalue weighted by Crippen LogP contribution is 2.32. The van der Waals surface area contributed by atoms with Gasteiger partial charge in [0, 0.05) is 23.3 Å². The summed E-state index contributed by atoms with van der Waals surface area (Å²) in [7, 11) is 0. The number of nitrogens with zero attached hydrogens (tertiary/aromatic N) is 3. The number of nitrogens with one attached hydrogen (secondary N) is 2. The number of benzene rings is 1. The minimum atomic E-state index is -4.56. The Morgan fingerprint density at radius 3 is 2.82 bits per heavy atom. The third kappa shape index (κ3) is 3.40. The number of halogens is 4. The lowest BCUT2D eigenvalue weighted by Crippen LogP contribution is -2.25. The Labute approximate surface area is 161 Å². The van der Waals surface area contributed by atoms with Crippen LogP contribution >= 0.6 is 11.6 Å². The van der Waals surface area contributed by atoms with Crippen LogP contribution in [0.15, 0.2) is 42.7 Å². The SMILES string of the molecule is O=C(Cc1c[nH]c2ccccc12)NCc1nnc2c(Cl)cc(C(F)(F)F)cn12. The second-order valence-electron chi connectivity index (χ2n) is 6.20. The van der Waals surface area contributed by atoms with E-state index in [-0.39, 0.29) is 35.4 Å². The van der Waals surface area contributed by atoms with Crippen LogP contribution in [0, 0.1) is 0 Å². The van der Waals surface area contributed by atoms with Crippen molar-refractivity contribution < 1.29 is 18.0 Å². The number of pyridine rings is 1. The Balaban J connectivity index is 1.52. The number of amides is 1. The van der Waals surface area contributed by atoms with Crippen molar-refractivity contribution in [2.45, 2.75) is 19.1 Å². The molecule has 3 heterocycles. The summed E-state index contributed by atoms with van der Waals surface area (Å²) in [5.41, 5.74) is 0.913. The van der Waals surface area contributed by atoms with Gasteiger partial charge in [0.25, 0.3) is 0 Å². The molecule has 1 amide bonds. The maximum absolute atomic E-state index is 13.0. The zero-order valence-electron chi connectivity index (χ0n) is 14.2. The van der Waals surface area contributed by atoms with Crippen molar-refractivity contribution in [1.82, 2.24) is 24.9 Å². The molecule has 0 aliphatic carbocycles. The summed E-state index contributed by atoms with van der Waals surface area (Å²) in [6, 6.07) is 8.37. The average Bonchev–Trinajstić information content (AvgIpc) is 3.24. The fraction of sp³-hybridized carbons (Fsp3) is 0.167. The van der Waals surface area contributed by atoms with Crippen LogP contribution in [0.3, 0.4) is 0 Å². The zero-order chi connectivity index (χ0) is 19.9. The number of aromatic nitrogens is 4. The Kier molecular flexibility index (Phi) is 4.46. The lowest BCUT2D eigenvalue weighted by Gasteiger charge is -2.09. The smallest absolute Gasteiger partial charge is 0.361 e. The first kappa shape index (κ1) is 18.3. The van der Waals surface area contributed by atoms with E-state index in [1.165, 1.54) is 0 Å². The van der Waals surface area contributed by atoms with Gasteiger partial charge < -0.3 is 10.3 Å². The second-order valence-corrected chi connectivity index (χ2v) is 6.60. The topological polar surface area (TPSA) is 75.1 Å². The van der Waals surface area contributed by atoms with Gasteiger partial charge in [-0.2, -0.15) is 13.2 Å². The largest absolute Gasteiger partial charge is 0.417 e. The van der Waals surface area contributed by atoms with E-state index < -0.39 is 11.7 Å². The summed E-state index contributed by atoms with van der Waals surface area (Å²) in [6.45, 7) is -0.0833. The maximum atomic E-state index is 13.0. The fourth-order valence-electron chi connectivity index (χ4n) is 2.97. The normalized spacial score (nSPS) is 12.0. The van der Waals surface area contributed by atoms with Crippen LogP contribution in [-0.4, -0.2) is 25.5 Å². The first-order valence-corrected chi connectivity index (χ1v) is 8.63. The van der Waals surface area contributed by atoms with Gasteiger partial charge in [-0.15, -0.1) is 10.2 Å². The van der Waals surface area contributed by atoms with Crippen molar-refractivity contribution in [1.29, 1.82) is 0 Å². The Morgan fingerprint density at radius 1 is 1.25 bits per heavy atom. The Hall–Kier alpha value is -3.07. The van der Waals surface area contributed by atoms with Crippen LogP contribution in [0.5, 0.6) is 0 Å². The molecule has 3 aromatic heterocycles. The third-order valence-corrected chi connectivity index (χ3v) is 4.61. The van der Waals surface area contributed by atoms with E-state index in [4.69, 9.17) is 11.6 Å². The zero-order valence-corrected chi connectivity index (χ0v) is 15.0. The van der Waals surface area contributed by atoms with Gasteiger partial charge in [0.15, 0.2) is 11.5 Å². The van der Waals surface area contributed by atoms with E-state index in [2.05, 4.69) is 20.5 Å². The molecule has 10 heteroatoms. The van der Waals surface area contributed by atoms with Gasteiger partial charge in [-0.1, -0.05) is 29.8 Å². The lowest BCUT2D eigenvalue weighted by atomic mass is 10.1. The number of carbonyl (C=O) groups is 1. The van der Waals surface area contributed by atoms with E-state index >= 15 is 0 Å².